The molecule has 5 heteroatoms. The van der Waals surface area contributed by atoms with Crippen LogP contribution in [0.1, 0.15) is 43.5 Å². The highest BCUT2D eigenvalue weighted by molar-refractivity contribution is 5.78. The number of rotatable bonds is 7. The van der Waals surface area contributed by atoms with E-state index in [1.165, 1.54) is 19.3 Å². The predicted molar refractivity (Wildman–Crippen MR) is 117 cm³/mol. The first-order valence-electron chi connectivity index (χ1n) is 10.6. The van der Waals surface area contributed by atoms with Gasteiger partial charge in [0.25, 0.3) is 0 Å². The molecule has 0 unspecified atom stereocenters. The van der Waals surface area contributed by atoms with Crippen molar-refractivity contribution in [3.63, 3.8) is 0 Å². The summed E-state index contributed by atoms with van der Waals surface area (Å²) in [7, 11) is 0. The van der Waals surface area contributed by atoms with Gasteiger partial charge in [-0.25, -0.2) is 4.98 Å². The molecule has 1 aliphatic carbocycles. The molecule has 2 aromatic heterocycles. The van der Waals surface area contributed by atoms with Crippen LogP contribution < -0.4 is 9.47 Å². The molecule has 0 bridgehead atoms. The smallest absolute Gasteiger partial charge is 0.162 e. The molecule has 1 saturated carbocycles. The molecule has 0 N–H and O–H groups in total. The van der Waals surface area contributed by atoms with Crippen molar-refractivity contribution in [1.29, 1.82) is 0 Å². The second-order valence-corrected chi connectivity index (χ2v) is 7.65. The lowest BCUT2D eigenvalue weighted by molar-refractivity contribution is 0.269. The molecular weight excluding hydrogens is 374 g/mol. The summed E-state index contributed by atoms with van der Waals surface area (Å²) in [4.78, 5) is 9.39. The van der Waals surface area contributed by atoms with E-state index >= 15 is 0 Å². The molecule has 1 aliphatic rings. The van der Waals surface area contributed by atoms with Gasteiger partial charge in [-0.3, -0.25) is 9.38 Å². The second-order valence-electron chi connectivity index (χ2n) is 7.65. The summed E-state index contributed by atoms with van der Waals surface area (Å²) >= 11 is 0. The van der Waals surface area contributed by atoms with E-state index in [0.29, 0.717) is 19.1 Å². The van der Waals surface area contributed by atoms with Gasteiger partial charge in [0.05, 0.1) is 24.0 Å². The van der Waals surface area contributed by atoms with Crippen molar-refractivity contribution in [3.05, 3.63) is 78.5 Å². The number of nitrogens with zero attached hydrogens (tertiary/aromatic N) is 3. The fourth-order valence-corrected chi connectivity index (χ4v) is 3.91. The molecule has 0 atom stereocenters. The Balaban J connectivity index is 1.53. The molecule has 5 nitrogen and oxygen atoms in total. The third-order valence-electron chi connectivity index (χ3n) is 5.70. The van der Waals surface area contributed by atoms with E-state index in [4.69, 9.17) is 14.5 Å². The van der Waals surface area contributed by atoms with Crippen LogP contribution in [-0.2, 0) is 6.61 Å². The van der Waals surface area contributed by atoms with Crippen LogP contribution >= 0.6 is 0 Å². The normalized spacial score (nSPS) is 13.9. The van der Waals surface area contributed by atoms with Crippen LogP contribution in [0.25, 0.3) is 16.8 Å². The summed E-state index contributed by atoms with van der Waals surface area (Å²) in [5.41, 5.74) is 4.10. The van der Waals surface area contributed by atoms with Crippen molar-refractivity contribution in [2.24, 2.45) is 0 Å². The van der Waals surface area contributed by atoms with Crippen LogP contribution in [0.15, 0.2) is 67.1 Å². The third-order valence-corrected chi connectivity index (χ3v) is 5.70. The summed E-state index contributed by atoms with van der Waals surface area (Å²) in [6.45, 7) is 3.06. The lowest BCUT2D eigenvalue weighted by atomic mass is 9.85. The van der Waals surface area contributed by atoms with E-state index in [1.807, 2.05) is 55.8 Å². The maximum absolute atomic E-state index is 6.16. The number of hydrogen-bond acceptors (Lipinski definition) is 4. The number of hydrogen-bond donors (Lipinski definition) is 0. The summed E-state index contributed by atoms with van der Waals surface area (Å²) < 4.78 is 14.2. The Kier molecular flexibility index (Phi) is 5.10. The molecular formula is C25H25N3O2. The second kappa shape index (κ2) is 8.19. The van der Waals surface area contributed by atoms with E-state index in [2.05, 4.69) is 27.6 Å². The summed E-state index contributed by atoms with van der Waals surface area (Å²) in [6, 6.07) is 16.2. The van der Waals surface area contributed by atoms with Crippen LogP contribution in [0, 0.1) is 0 Å². The van der Waals surface area contributed by atoms with Gasteiger partial charge in [-0.1, -0.05) is 36.8 Å². The highest BCUT2D eigenvalue weighted by Gasteiger charge is 2.26. The lowest BCUT2D eigenvalue weighted by Crippen LogP contribution is -2.12. The summed E-state index contributed by atoms with van der Waals surface area (Å²) in [5, 5.41) is 0. The fraction of sp³-hybridized carbons (Fsp3) is 0.280. The Bertz CT molecular complexity index is 1150. The van der Waals surface area contributed by atoms with E-state index < -0.39 is 0 Å². The molecule has 30 heavy (non-hydrogen) atoms. The molecule has 1 fully saturated rings. The van der Waals surface area contributed by atoms with Crippen molar-refractivity contribution < 1.29 is 9.47 Å². The molecule has 2 heterocycles. The number of ether oxygens (including phenoxy) is 2. The first-order chi connectivity index (χ1) is 14.8. The van der Waals surface area contributed by atoms with Crippen LogP contribution in [-0.4, -0.2) is 21.0 Å². The molecule has 0 amide bonds. The summed E-state index contributed by atoms with van der Waals surface area (Å²) in [5.74, 6) is 3.14. The van der Waals surface area contributed by atoms with Gasteiger partial charge in [0.2, 0.25) is 0 Å². The zero-order chi connectivity index (χ0) is 20.3. The minimum atomic E-state index is 0.489. The maximum Gasteiger partial charge on any atom is 0.162 e. The highest BCUT2D eigenvalue weighted by Crippen LogP contribution is 2.39. The molecule has 4 aromatic rings. The van der Waals surface area contributed by atoms with Crippen molar-refractivity contribution in [1.82, 2.24) is 14.4 Å². The van der Waals surface area contributed by atoms with Crippen LogP contribution in [0.4, 0.5) is 0 Å². The largest absolute Gasteiger partial charge is 0.490 e. The minimum Gasteiger partial charge on any atom is -0.490 e. The Morgan fingerprint density at radius 3 is 2.67 bits per heavy atom. The van der Waals surface area contributed by atoms with E-state index in [-0.39, 0.29) is 0 Å². The Morgan fingerprint density at radius 1 is 1.03 bits per heavy atom. The number of fused-ring (bicyclic) bond motifs is 1. The standard InChI is InChI=1S/C25H25N3O2/c1-2-29-22-12-11-20(15-23(22)30-17-18-7-4-3-5-8-18)24-21-16-26-13-14-28(21)25(27-24)19-9-6-10-19/h3-5,7-8,11-16,19H,2,6,9-10,17H2,1H3. The maximum atomic E-state index is 6.16. The Labute approximate surface area is 176 Å². The van der Waals surface area contributed by atoms with Gasteiger partial charge in [-0.05, 0) is 43.5 Å². The van der Waals surface area contributed by atoms with E-state index in [0.717, 1.165) is 39.7 Å². The Hall–Kier alpha value is -3.34. The third kappa shape index (κ3) is 3.52. The fourth-order valence-electron chi connectivity index (χ4n) is 3.91. The average Bonchev–Trinajstić information content (AvgIpc) is 3.12. The quantitative estimate of drug-likeness (QED) is 0.403. The van der Waals surface area contributed by atoms with Gasteiger partial charge in [-0.2, -0.15) is 0 Å². The SMILES string of the molecule is CCOc1ccc(-c2nc(C3CCC3)n3ccncc23)cc1OCc1ccccc1. The number of imidazole rings is 1. The summed E-state index contributed by atoms with van der Waals surface area (Å²) in [6.07, 6.45) is 9.42. The molecule has 0 aliphatic heterocycles. The van der Waals surface area contributed by atoms with Gasteiger partial charge in [0.1, 0.15) is 12.4 Å². The molecule has 0 spiro atoms. The highest BCUT2D eigenvalue weighted by atomic mass is 16.5. The van der Waals surface area contributed by atoms with Gasteiger partial charge >= 0.3 is 0 Å². The van der Waals surface area contributed by atoms with Crippen molar-refractivity contribution in [2.75, 3.05) is 6.61 Å². The van der Waals surface area contributed by atoms with Gasteiger partial charge < -0.3 is 9.47 Å². The monoisotopic (exact) mass is 399 g/mol. The van der Waals surface area contributed by atoms with E-state index in [9.17, 15) is 0 Å². The lowest BCUT2D eigenvalue weighted by Gasteiger charge is -2.23. The van der Waals surface area contributed by atoms with Gasteiger partial charge in [0.15, 0.2) is 11.5 Å². The molecule has 0 saturated heterocycles. The van der Waals surface area contributed by atoms with Gasteiger partial charge in [0, 0.05) is 23.9 Å². The Morgan fingerprint density at radius 2 is 1.90 bits per heavy atom. The average molecular weight is 399 g/mol. The predicted octanol–water partition coefficient (Wildman–Crippen LogP) is 5.64. The van der Waals surface area contributed by atoms with Crippen molar-refractivity contribution in [2.45, 2.75) is 38.7 Å². The zero-order valence-corrected chi connectivity index (χ0v) is 17.1. The molecule has 152 valence electrons. The van der Waals surface area contributed by atoms with Crippen LogP contribution in [0.2, 0.25) is 0 Å². The number of benzene rings is 2. The minimum absolute atomic E-state index is 0.489. The van der Waals surface area contributed by atoms with Crippen molar-refractivity contribution in [3.8, 4) is 22.8 Å². The molecule has 5 rings (SSSR count). The van der Waals surface area contributed by atoms with Crippen LogP contribution in [0.3, 0.4) is 0 Å². The molecule has 2 aromatic carbocycles. The van der Waals surface area contributed by atoms with Gasteiger partial charge in [-0.15, -0.1) is 0 Å². The van der Waals surface area contributed by atoms with E-state index in [1.54, 1.807) is 0 Å². The first-order valence-corrected chi connectivity index (χ1v) is 10.6. The van der Waals surface area contributed by atoms with Crippen molar-refractivity contribution >= 4 is 5.52 Å². The molecule has 0 radical (unpaired) electrons. The first kappa shape index (κ1) is 18.7. The number of aromatic nitrogens is 3. The zero-order valence-electron chi connectivity index (χ0n) is 17.1. The topological polar surface area (TPSA) is 48.7 Å². The van der Waals surface area contributed by atoms with Crippen LogP contribution in [0.5, 0.6) is 11.5 Å².